The lowest BCUT2D eigenvalue weighted by molar-refractivity contribution is 0.0636. The summed E-state index contributed by atoms with van der Waals surface area (Å²) in [5.74, 6) is 0.210. The predicted molar refractivity (Wildman–Crippen MR) is 90.3 cm³/mol. The molecule has 128 valence electrons. The van der Waals surface area contributed by atoms with Crippen LogP contribution < -0.4 is 16.0 Å². The van der Waals surface area contributed by atoms with Crippen molar-refractivity contribution < 1.29 is 13.9 Å². The van der Waals surface area contributed by atoms with E-state index in [1.54, 1.807) is 26.8 Å². The molecule has 1 amide bonds. The summed E-state index contributed by atoms with van der Waals surface area (Å²) in [6.07, 6.45) is 1.64. The Morgan fingerprint density at radius 1 is 1.30 bits per heavy atom. The minimum atomic E-state index is -0.577. The fourth-order valence-corrected chi connectivity index (χ4v) is 2.53. The molecule has 0 bridgehead atoms. The van der Waals surface area contributed by atoms with Gasteiger partial charge in [-0.25, -0.2) is 9.18 Å². The van der Waals surface area contributed by atoms with Crippen molar-refractivity contribution in [2.24, 2.45) is 5.92 Å². The Bertz CT molecular complexity index is 537. The van der Waals surface area contributed by atoms with Crippen LogP contribution in [-0.4, -0.2) is 31.3 Å². The SMILES string of the molecule is CC(C)(C)OC(=O)Nc1ccc(F)cc1NCC1CCNCC1. The van der Waals surface area contributed by atoms with Gasteiger partial charge in [-0.1, -0.05) is 0 Å². The Balaban J connectivity index is 2.00. The number of hydrogen-bond acceptors (Lipinski definition) is 4. The lowest BCUT2D eigenvalue weighted by atomic mass is 9.98. The Morgan fingerprint density at radius 2 is 2.00 bits per heavy atom. The van der Waals surface area contributed by atoms with Gasteiger partial charge in [-0.3, -0.25) is 5.32 Å². The molecule has 1 heterocycles. The maximum absolute atomic E-state index is 13.5. The van der Waals surface area contributed by atoms with Crippen molar-refractivity contribution in [1.82, 2.24) is 5.32 Å². The van der Waals surface area contributed by atoms with Crippen molar-refractivity contribution in [1.29, 1.82) is 0 Å². The fraction of sp³-hybridized carbons (Fsp3) is 0.588. The molecule has 1 aromatic carbocycles. The van der Waals surface area contributed by atoms with Crippen molar-refractivity contribution in [2.45, 2.75) is 39.2 Å². The molecule has 6 heteroatoms. The van der Waals surface area contributed by atoms with Crippen LogP contribution in [0.4, 0.5) is 20.6 Å². The lowest BCUT2D eigenvalue weighted by Crippen LogP contribution is -2.31. The number of hydrogen-bond donors (Lipinski definition) is 3. The van der Waals surface area contributed by atoms with Gasteiger partial charge in [0.1, 0.15) is 11.4 Å². The maximum Gasteiger partial charge on any atom is 0.412 e. The summed E-state index contributed by atoms with van der Waals surface area (Å²) in [4.78, 5) is 11.9. The molecule has 1 aromatic rings. The van der Waals surface area contributed by atoms with Crippen molar-refractivity contribution in [3.63, 3.8) is 0 Å². The molecule has 5 nitrogen and oxygen atoms in total. The first-order valence-electron chi connectivity index (χ1n) is 8.07. The highest BCUT2D eigenvalue weighted by Gasteiger charge is 2.18. The summed E-state index contributed by atoms with van der Waals surface area (Å²) >= 11 is 0. The predicted octanol–water partition coefficient (Wildman–Crippen LogP) is 3.58. The topological polar surface area (TPSA) is 62.4 Å². The molecular weight excluding hydrogens is 297 g/mol. The van der Waals surface area contributed by atoms with E-state index in [1.165, 1.54) is 12.1 Å². The zero-order valence-corrected chi connectivity index (χ0v) is 14.0. The number of amides is 1. The summed E-state index contributed by atoms with van der Waals surface area (Å²) < 4.78 is 18.8. The highest BCUT2D eigenvalue weighted by molar-refractivity contribution is 5.89. The fourth-order valence-electron chi connectivity index (χ4n) is 2.53. The number of carbonyl (C=O) groups excluding carboxylic acids is 1. The van der Waals surface area contributed by atoms with E-state index in [4.69, 9.17) is 4.74 Å². The number of anilines is 2. The van der Waals surface area contributed by atoms with Gasteiger partial charge >= 0.3 is 6.09 Å². The molecule has 1 aliphatic heterocycles. The highest BCUT2D eigenvalue weighted by Crippen LogP contribution is 2.25. The minimum Gasteiger partial charge on any atom is -0.444 e. The summed E-state index contributed by atoms with van der Waals surface area (Å²) in [5.41, 5.74) is 0.524. The monoisotopic (exact) mass is 323 g/mol. The van der Waals surface area contributed by atoms with E-state index >= 15 is 0 Å². The first-order valence-corrected chi connectivity index (χ1v) is 8.07. The van der Waals surface area contributed by atoms with Gasteiger partial charge in [0.15, 0.2) is 0 Å². The molecule has 0 atom stereocenters. The van der Waals surface area contributed by atoms with E-state index in [0.29, 0.717) is 17.3 Å². The van der Waals surface area contributed by atoms with E-state index in [-0.39, 0.29) is 5.82 Å². The first kappa shape index (κ1) is 17.5. The molecule has 23 heavy (non-hydrogen) atoms. The van der Waals surface area contributed by atoms with Crippen LogP contribution in [0, 0.1) is 11.7 Å². The normalized spacial score (nSPS) is 16.0. The lowest BCUT2D eigenvalue weighted by Gasteiger charge is -2.24. The molecule has 0 aromatic heterocycles. The molecule has 0 radical (unpaired) electrons. The van der Waals surface area contributed by atoms with Gasteiger partial charge in [-0.2, -0.15) is 0 Å². The van der Waals surface area contributed by atoms with Gasteiger partial charge in [0, 0.05) is 6.54 Å². The number of carbonyl (C=O) groups is 1. The number of ether oxygens (including phenoxy) is 1. The maximum atomic E-state index is 13.5. The molecule has 0 aliphatic carbocycles. The Labute approximate surface area is 137 Å². The number of piperidine rings is 1. The van der Waals surface area contributed by atoms with Crippen molar-refractivity contribution in [3.8, 4) is 0 Å². The van der Waals surface area contributed by atoms with E-state index in [2.05, 4.69) is 16.0 Å². The number of benzene rings is 1. The third-order valence-electron chi connectivity index (χ3n) is 3.66. The molecule has 0 unspecified atom stereocenters. The molecule has 0 saturated carbocycles. The zero-order chi connectivity index (χ0) is 16.9. The van der Waals surface area contributed by atoms with Crippen LogP contribution in [0.5, 0.6) is 0 Å². The molecular formula is C17H26FN3O2. The summed E-state index contributed by atoms with van der Waals surface area (Å²) in [6.45, 7) is 8.18. The van der Waals surface area contributed by atoms with Crippen molar-refractivity contribution in [3.05, 3.63) is 24.0 Å². The third kappa shape index (κ3) is 6.06. The van der Waals surface area contributed by atoms with Gasteiger partial charge in [0.25, 0.3) is 0 Å². The number of rotatable bonds is 4. The average Bonchev–Trinajstić information content (AvgIpc) is 2.46. The van der Waals surface area contributed by atoms with Crippen LogP contribution in [0.25, 0.3) is 0 Å². The van der Waals surface area contributed by atoms with E-state index < -0.39 is 11.7 Å². The molecule has 3 N–H and O–H groups in total. The van der Waals surface area contributed by atoms with Crippen LogP contribution in [0.15, 0.2) is 18.2 Å². The summed E-state index contributed by atoms with van der Waals surface area (Å²) in [6, 6.07) is 4.26. The van der Waals surface area contributed by atoms with Crippen LogP contribution >= 0.6 is 0 Å². The van der Waals surface area contributed by atoms with E-state index in [1.807, 2.05) is 0 Å². The van der Waals surface area contributed by atoms with E-state index in [0.717, 1.165) is 32.5 Å². The second-order valence-electron chi connectivity index (χ2n) is 6.89. The molecule has 1 saturated heterocycles. The average molecular weight is 323 g/mol. The largest absolute Gasteiger partial charge is 0.444 e. The van der Waals surface area contributed by atoms with Gasteiger partial charge in [-0.05, 0) is 70.8 Å². The molecule has 1 fully saturated rings. The second-order valence-corrected chi connectivity index (χ2v) is 6.89. The van der Waals surface area contributed by atoms with Gasteiger partial charge in [-0.15, -0.1) is 0 Å². The standard InChI is InChI=1S/C17H26FN3O2/c1-17(2,3)23-16(22)21-14-5-4-13(18)10-15(14)20-11-12-6-8-19-9-7-12/h4-5,10,12,19-20H,6-9,11H2,1-3H3,(H,21,22). The Morgan fingerprint density at radius 3 is 2.65 bits per heavy atom. The van der Waals surface area contributed by atoms with Crippen molar-refractivity contribution in [2.75, 3.05) is 30.3 Å². The minimum absolute atomic E-state index is 0.340. The smallest absolute Gasteiger partial charge is 0.412 e. The van der Waals surface area contributed by atoms with Crippen LogP contribution in [0.1, 0.15) is 33.6 Å². The molecule has 1 aliphatic rings. The zero-order valence-electron chi connectivity index (χ0n) is 14.0. The van der Waals surface area contributed by atoms with Crippen LogP contribution in [0.2, 0.25) is 0 Å². The Hall–Kier alpha value is -1.82. The van der Waals surface area contributed by atoms with Gasteiger partial charge in [0.2, 0.25) is 0 Å². The Kier molecular flexibility index (Phi) is 5.82. The van der Waals surface area contributed by atoms with Gasteiger partial charge < -0.3 is 15.4 Å². The molecule has 0 spiro atoms. The van der Waals surface area contributed by atoms with E-state index in [9.17, 15) is 9.18 Å². The summed E-state index contributed by atoms with van der Waals surface area (Å²) in [7, 11) is 0. The first-order chi connectivity index (χ1) is 10.8. The van der Waals surface area contributed by atoms with Gasteiger partial charge in [0.05, 0.1) is 11.4 Å². The van der Waals surface area contributed by atoms with Crippen molar-refractivity contribution >= 4 is 17.5 Å². The number of nitrogens with one attached hydrogen (secondary N) is 3. The van der Waals surface area contributed by atoms with Crippen LogP contribution in [-0.2, 0) is 4.74 Å². The highest BCUT2D eigenvalue weighted by atomic mass is 19.1. The summed E-state index contributed by atoms with van der Waals surface area (Å²) in [5, 5.41) is 9.25. The second kappa shape index (κ2) is 7.64. The van der Waals surface area contributed by atoms with Crippen LogP contribution in [0.3, 0.4) is 0 Å². The molecule has 2 rings (SSSR count). The quantitative estimate of drug-likeness (QED) is 0.792. The number of halogens is 1. The third-order valence-corrected chi connectivity index (χ3v) is 3.66.